The van der Waals surface area contributed by atoms with Gasteiger partial charge in [0, 0.05) is 6.42 Å². The summed E-state index contributed by atoms with van der Waals surface area (Å²) in [5.41, 5.74) is 0. The fraction of sp³-hybridized carbons (Fsp3) is 0.761. The van der Waals surface area contributed by atoms with Gasteiger partial charge in [0.05, 0.1) is 40.1 Å². The quantitative estimate of drug-likeness (QED) is 0.0120. The van der Waals surface area contributed by atoms with Gasteiger partial charge in [-0.2, -0.15) is 0 Å². The molecule has 0 spiro atoms. The lowest BCUT2D eigenvalue weighted by atomic mass is 10.0. The van der Waals surface area contributed by atoms with Crippen LogP contribution < -0.4 is 0 Å². The van der Waals surface area contributed by atoms with E-state index in [-0.39, 0.29) is 32.2 Å². The van der Waals surface area contributed by atoms with Gasteiger partial charge < -0.3 is 24.0 Å². The number of likely N-dealkylation sites (N-methyl/N-ethyl adjacent to an activating group) is 1. The first kappa shape index (κ1) is 54.0. The SMILES string of the molecule is CCCCC/C=C\C=C/[C@@H](O)C/C=C\C/C=C/CCCC(=O)OC[C@H](COP(=O)(O)OCC[N+](C)(C)C)O/C=C/CCCCCCCCCCCCCCCC. The first-order valence-corrected chi connectivity index (χ1v) is 23.7. The minimum atomic E-state index is -4.29. The summed E-state index contributed by atoms with van der Waals surface area (Å²) in [4.78, 5) is 22.7. The molecule has 0 radical (unpaired) electrons. The number of quaternary nitrogens is 1. The number of aliphatic hydroxyl groups excluding tert-OH is 1. The monoisotopic (exact) mass is 811 g/mol. The number of nitrogens with zero attached hydrogens (tertiary/aromatic N) is 1. The van der Waals surface area contributed by atoms with Crippen molar-refractivity contribution in [2.24, 2.45) is 0 Å². The van der Waals surface area contributed by atoms with E-state index in [1.54, 1.807) is 6.26 Å². The molecular weight excluding hydrogens is 725 g/mol. The Hall–Kier alpha value is -2.00. The van der Waals surface area contributed by atoms with E-state index in [9.17, 15) is 19.4 Å². The summed E-state index contributed by atoms with van der Waals surface area (Å²) in [5.74, 6) is -0.359. The van der Waals surface area contributed by atoms with Gasteiger partial charge in [-0.3, -0.25) is 13.8 Å². The lowest BCUT2D eigenvalue weighted by molar-refractivity contribution is -0.870. The Bertz CT molecular complexity index is 1100. The molecule has 0 aromatic rings. The molecule has 3 atom stereocenters. The molecule has 0 bridgehead atoms. The molecule has 2 N–H and O–H groups in total. The molecule has 10 heteroatoms. The molecule has 326 valence electrons. The lowest BCUT2D eigenvalue weighted by Crippen LogP contribution is -2.37. The van der Waals surface area contributed by atoms with Crippen LogP contribution in [-0.2, 0) is 27.9 Å². The van der Waals surface area contributed by atoms with E-state index in [0.29, 0.717) is 23.9 Å². The third-order valence-electron chi connectivity index (χ3n) is 9.25. The van der Waals surface area contributed by atoms with E-state index in [4.69, 9.17) is 18.5 Å². The second-order valence-electron chi connectivity index (χ2n) is 16.0. The number of carbonyl (C=O) groups is 1. The van der Waals surface area contributed by atoms with Crippen LogP contribution >= 0.6 is 7.82 Å². The Morgan fingerprint density at radius 2 is 1.21 bits per heavy atom. The van der Waals surface area contributed by atoms with Crippen molar-refractivity contribution in [3.8, 4) is 0 Å². The first-order chi connectivity index (χ1) is 27.0. The molecular formula is C46H85NO8P+. The standard InChI is InChI=1S/C46H84NO8P/c1-6-8-10-12-14-15-16-17-18-19-20-21-22-27-31-35-40-52-45(43-55-56(50,51)54-41-39-47(3,4)5)42-53-46(49)38-34-30-26-23-25-29-33-37-44(48)36-32-28-24-13-11-9-7-2/h23-24,26,28-29,32-33,35-36,40,44-45,48H,6-22,25,27,30-31,34,37-39,41-43H2,1-5H3/p+1/b26-23+,28-24-,33-29-,36-32-,40-35+/t44-,45-/m1/s1. The summed E-state index contributed by atoms with van der Waals surface area (Å²) in [6, 6.07) is 0. The number of allylic oxidation sites excluding steroid dienone is 7. The average molecular weight is 811 g/mol. The van der Waals surface area contributed by atoms with Crippen LogP contribution in [0.4, 0.5) is 0 Å². The maximum atomic E-state index is 12.5. The highest BCUT2D eigenvalue weighted by Crippen LogP contribution is 2.43. The number of phosphoric acid groups is 1. The van der Waals surface area contributed by atoms with Crippen LogP contribution in [0, 0.1) is 0 Å². The Morgan fingerprint density at radius 3 is 1.86 bits per heavy atom. The lowest BCUT2D eigenvalue weighted by Gasteiger charge is -2.24. The highest BCUT2D eigenvalue weighted by molar-refractivity contribution is 7.47. The zero-order valence-electron chi connectivity index (χ0n) is 36.5. The molecule has 1 unspecified atom stereocenters. The minimum Gasteiger partial charge on any atom is -0.492 e. The number of hydrogen-bond donors (Lipinski definition) is 2. The summed E-state index contributed by atoms with van der Waals surface area (Å²) in [5, 5.41) is 10.1. The summed E-state index contributed by atoms with van der Waals surface area (Å²) in [6.45, 7) is 4.72. The van der Waals surface area contributed by atoms with E-state index in [1.165, 1.54) is 103 Å². The number of rotatable bonds is 40. The van der Waals surface area contributed by atoms with Gasteiger partial charge in [-0.25, -0.2) is 4.57 Å². The van der Waals surface area contributed by atoms with Gasteiger partial charge in [-0.1, -0.05) is 159 Å². The molecule has 0 aliphatic rings. The van der Waals surface area contributed by atoms with Gasteiger partial charge in [-0.05, 0) is 57.4 Å². The predicted octanol–water partition coefficient (Wildman–Crippen LogP) is 12.3. The van der Waals surface area contributed by atoms with Crippen molar-refractivity contribution in [2.75, 3.05) is 47.5 Å². The summed E-state index contributed by atoms with van der Waals surface area (Å²) >= 11 is 0. The summed E-state index contributed by atoms with van der Waals surface area (Å²) in [7, 11) is 1.60. The highest BCUT2D eigenvalue weighted by atomic mass is 31.2. The molecule has 56 heavy (non-hydrogen) atoms. The second-order valence-corrected chi connectivity index (χ2v) is 17.4. The Kier molecular flexibility index (Phi) is 37.1. The Labute approximate surface area is 343 Å². The van der Waals surface area contributed by atoms with Crippen molar-refractivity contribution in [2.45, 2.75) is 180 Å². The van der Waals surface area contributed by atoms with Crippen molar-refractivity contribution in [1.82, 2.24) is 0 Å². The smallest absolute Gasteiger partial charge is 0.472 e. The van der Waals surface area contributed by atoms with Crippen molar-refractivity contribution in [3.63, 3.8) is 0 Å². The maximum Gasteiger partial charge on any atom is 0.472 e. The maximum absolute atomic E-state index is 12.5. The van der Waals surface area contributed by atoms with Crippen molar-refractivity contribution in [3.05, 3.63) is 60.9 Å². The Balaban J connectivity index is 4.44. The molecule has 0 saturated carbocycles. The third kappa shape index (κ3) is 41.6. The minimum absolute atomic E-state index is 0.0691. The van der Waals surface area contributed by atoms with Crippen LogP contribution in [0.2, 0.25) is 0 Å². The fourth-order valence-electron chi connectivity index (χ4n) is 5.67. The molecule has 0 aliphatic carbocycles. The molecule has 0 heterocycles. The average Bonchev–Trinajstić information content (AvgIpc) is 3.15. The number of esters is 1. The van der Waals surface area contributed by atoms with Gasteiger partial charge in [0.15, 0.2) is 6.10 Å². The Morgan fingerprint density at radius 1 is 0.661 bits per heavy atom. The molecule has 9 nitrogen and oxygen atoms in total. The number of hydrogen-bond acceptors (Lipinski definition) is 7. The zero-order valence-corrected chi connectivity index (χ0v) is 37.4. The molecule has 0 amide bonds. The van der Waals surface area contributed by atoms with E-state index in [0.717, 1.165) is 32.1 Å². The zero-order chi connectivity index (χ0) is 41.4. The molecule has 0 aromatic carbocycles. The number of carbonyl (C=O) groups excluding carboxylic acids is 1. The molecule has 0 aliphatic heterocycles. The topological polar surface area (TPSA) is 112 Å². The summed E-state index contributed by atoms with van der Waals surface area (Å²) in [6.07, 6.45) is 45.3. The van der Waals surface area contributed by atoms with Crippen LogP contribution in [0.1, 0.15) is 168 Å². The van der Waals surface area contributed by atoms with E-state index >= 15 is 0 Å². The van der Waals surface area contributed by atoms with Crippen LogP contribution in [0.15, 0.2) is 60.9 Å². The van der Waals surface area contributed by atoms with Gasteiger partial charge in [0.25, 0.3) is 0 Å². The molecule has 0 rings (SSSR count). The normalized spacial score (nSPS) is 14.8. The molecule has 0 aromatic heterocycles. The van der Waals surface area contributed by atoms with Crippen molar-refractivity contribution in [1.29, 1.82) is 0 Å². The van der Waals surface area contributed by atoms with Gasteiger partial charge >= 0.3 is 13.8 Å². The van der Waals surface area contributed by atoms with Crippen molar-refractivity contribution >= 4 is 13.8 Å². The van der Waals surface area contributed by atoms with Gasteiger partial charge in [-0.15, -0.1) is 0 Å². The summed E-state index contributed by atoms with van der Waals surface area (Å²) < 4.78 is 34.7. The second kappa shape index (κ2) is 38.5. The van der Waals surface area contributed by atoms with Gasteiger partial charge in [0.1, 0.15) is 19.8 Å². The molecule has 0 saturated heterocycles. The number of aliphatic hydroxyl groups is 1. The predicted molar refractivity (Wildman–Crippen MR) is 234 cm³/mol. The number of phosphoric ester groups is 1. The number of ether oxygens (including phenoxy) is 2. The van der Waals surface area contributed by atoms with E-state index in [1.807, 2.05) is 69.8 Å². The van der Waals surface area contributed by atoms with Crippen LogP contribution in [0.3, 0.4) is 0 Å². The third-order valence-corrected chi connectivity index (χ3v) is 10.2. The van der Waals surface area contributed by atoms with E-state index in [2.05, 4.69) is 19.9 Å². The number of unbranched alkanes of at least 4 members (excludes halogenated alkanes) is 18. The fourth-order valence-corrected chi connectivity index (χ4v) is 6.41. The van der Waals surface area contributed by atoms with Crippen LogP contribution in [0.25, 0.3) is 0 Å². The van der Waals surface area contributed by atoms with Gasteiger partial charge in [0.2, 0.25) is 0 Å². The largest absolute Gasteiger partial charge is 0.492 e. The van der Waals surface area contributed by atoms with Crippen LogP contribution in [-0.4, -0.2) is 80.2 Å². The first-order valence-electron chi connectivity index (χ1n) is 22.2. The van der Waals surface area contributed by atoms with Crippen LogP contribution in [0.5, 0.6) is 0 Å². The van der Waals surface area contributed by atoms with E-state index < -0.39 is 20.0 Å². The molecule has 0 fully saturated rings. The van der Waals surface area contributed by atoms with Crippen molar-refractivity contribution < 1.29 is 42.4 Å². The highest BCUT2D eigenvalue weighted by Gasteiger charge is 2.25.